The molecule has 0 spiro atoms. The second-order valence-electron chi connectivity index (χ2n) is 5.29. The normalized spacial score (nSPS) is 28.4. The standard InChI is InChI=1S/C12H17NO3/c1-12(2,3)16-11(15)13-9-7-5-4-6-8(9)10(13)14/h5,7-9H,4,6H2,1-3H3. The summed E-state index contributed by atoms with van der Waals surface area (Å²) in [6.45, 7) is 5.38. The molecule has 0 radical (unpaired) electrons. The van der Waals surface area contributed by atoms with E-state index in [0.29, 0.717) is 0 Å². The maximum Gasteiger partial charge on any atom is 0.417 e. The number of ether oxygens (including phenoxy) is 1. The lowest BCUT2D eigenvalue weighted by molar-refractivity contribution is -0.151. The molecule has 0 saturated carbocycles. The molecule has 88 valence electrons. The molecule has 0 aromatic rings. The molecule has 4 heteroatoms. The molecule has 2 aliphatic rings. The largest absolute Gasteiger partial charge is 0.443 e. The molecule has 1 fully saturated rings. The Morgan fingerprint density at radius 2 is 2.19 bits per heavy atom. The smallest absolute Gasteiger partial charge is 0.417 e. The van der Waals surface area contributed by atoms with Crippen molar-refractivity contribution in [3.05, 3.63) is 12.2 Å². The van der Waals surface area contributed by atoms with Gasteiger partial charge in [0.05, 0.1) is 12.0 Å². The minimum absolute atomic E-state index is 0.00230. The molecule has 4 nitrogen and oxygen atoms in total. The number of carbonyl (C=O) groups excluding carboxylic acids is 2. The first kappa shape index (κ1) is 11.2. The third-order valence-corrected chi connectivity index (χ3v) is 2.83. The highest BCUT2D eigenvalue weighted by Gasteiger charge is 2.51. The van der Waals surface area contributed by atoms with Crippen LogP contribution in [0.2, 0.25) is 0 Å². The van der Waals surface area contributed by atoms with Crippen molar-refractivity contribution in [1.29, 1.82) is 0 Å². The van der Waals surface area contributed by atoms with E-state index in [0.717, 1.165) is 12.8 Å². The highest BCUT2D eigenvalue weighted by Crippen LogP contribution is 2.35. The van der Waals surface area contributed by atoms with Crippen molar-refractivity contribution in [3.8, 4) is 0 Å². The molecule has 1 aliphatic carbocycles. The van der Waals surface area contributed by atoms with Crippen LogP contribution in [0.5, 0.6) is 0 Å². The van der Waals surface area contributed by atoms with E-state index in [2.05, 4.69) is 0 Å². The summed E-state index contributed by atoms with van der Waals surface area (Å²) in [4.78, 5) is 24.7. The number of allylic oxidation sites excluding steroid dienone is 1. The van der Waals surface area contributed by atoms with Crippen molar-refractivity contribution in [2.45, 2.75) is 45.3 Å². The van der Waals surface area contributed by atoms with Gasteiger partial charge in [0.1, 0.15) is 5.60 Å². The number of likely N-dealkylation sites (tertiary alicyclic amines) is 1. The number of hydrogen-bond donors (Lipinski definition) is 0. The van der Waals surface area contributed by atoms with E-state index in [4.69, 9.17) is 4.74 Å². The van der Waals surface area contributed by atoms with Gasteiger partial charge < -0.3 is 4.74 Å². The molecule has 2 atom stereocenters. The fourth-order valence-corrected chi connectivity index (χ4v) is 2.12. The number of nitrogens with zero attached hydrogens (tertiary/aromatic N) is 1. The third-order valence-electron chi connectivity index (χ3n) is 2.83. The first-order valence-corrected chi connectivity index (χ1v) is 5.63. The fraction of sp³-hybridized carbons (Fsp3) is 0.667. The fourth-order valence-electron chi connectivity index (χ4n) is 2.12. The summed E-state index contributed by atoms with van der Waals surface area (Å²) in [7, 11) is 0. The Bertz CT molecular complexity index is 354. The SMILES string of the molecule is CC(C)(C)OC(=O)N1C(=O)C2CCC=CC21. The number of imide groups is 1. The topological polar surface area (TPSA) is 46.6 Å². The van der Waals surface area contributed by atoms with Gasteiger partial charge in [-0.25, -0.2) is 9.69 Å². The van der Waals surface area contributed by atoms with Crippen LogP contribution in [0.15, 0.2) is 12.2 Å². The second kappa shape index (κ2) is 3.61. The van der Waals surface area contributed by atoms with Crippen molar-refractivity contribution in [2.24, 2.45) is 5.92 Å². The molecule has 2 amide bonds. The highest BCUT2D eigenvalue weighted by molar-refractivity contribution is 6.00. The number of hydrogen-bond acceptors (Lipinski definition) is 3. The Morgan fingerprint density at radius 1 is 1.50 bits per heavy atom. The van der Waals surface area contributed by atoms with E-state index in [1.54, 1.807) is 20.8 Å². The van der Waals surface area contributed by atoms with E-state index in [-0.39, 0.29) is 17.9 Å². The molecular formula is C12H17NO3. The first-order chi connectivity index (χ1) is 7.40. The number of rotatable bonds is 0. The molecule has 0 N–H and O–H groups in total. The van der Waals surface area contributed by atoms with Gasteiger partial charge >= 0.3 is 6.09 Å². The molecule has 0 aromatic carbocycles. The molecule has 1 aliphatic heterocycles. The van der Waals surface area contributed by atoms with E-state index < -0.39 is 11.7 Å². The van der Waals surface area contributed by atoms with Gasteiger partial charge in [-0.1, -0.05) is 12.2 Å². The van der Waals surface area contributed by atoms with Gasteiger partial charge in [0, 0.05) is 0 Å². The molecule has 1 saturated heterocycles. The lowest BCUT2D eigenvalue weighted by Crippen LogP contribution is -2.63. The van der Waals surface area contributed by atoms with Crippen LogP contribution in [-0.4, -0.2) is 28.5 Å². The molecule has 2 unspecified atom stereocenters. The minimum Gasteiger partial charge on any atom is -0.443 e. The van der Waals surface area contributed by atoms with Gasteiger partial charge in [-0.15, -0.1) is 0 Å². The molecule has 16 heavy (non-hydrogen) atoms. The second-order valence-corrected chi connectivity index (χ2v) is 5.29. The van der Waals surface area contributed by atoms with E-state index in [1.165, 1.54) is 4.90 Å². The van der Waals surface area contributed by atoms with Crippen molar-refractivity contribution in [2.75, 3.05) is 0 Å². The van der Waals surface area contributed by atoms with Crippen LogP contribution in [0, 0.1) is 5.92 Å². The monoisotopic (exact) mass is 223 g/mol. The number of β-lactam (4-membered cyclic amide) rings is 1. The molecule has 0 bridgehead atoms. The summed E-state index contributed by atoms with van der Waals surface area (Å²) in [6, 6.07) is -0.0731. The number of fused-ring (bicyclic) bond motifs is 1. The minimum atomic E-state index is -0.555. The molecule has 1 heterocycles. The van der Waals surface area contributed by atoms with Crippen LogP contribution < -0.4 is 0 Å². The Labute approximate surface area is 95.2 Å². The zero-order valence-corrected chi connectivity index (χ0v) is 9.90. The van der Waals surface area contributed by atoms with Crippen molar-refractivity contribution >= 4 is 12.0 Å². The van der Waals surface area contributed by atoms with Crippen molar-refractivity contribution < 1.29 is 14.3 Å². The maximum absolute atomic E-state index is 11.8. The van der Waals surface area contributed by atoms with Gasteiger partial charge in [0.25, 0.3) is 0 Å². The van der Waals surface area contributed by atoms with Gasteiger partial charge in [-0.3, -0.25) is 4.79 Å². The summed E-state index contributed by atoms with van der Waals surface area (Å²) in [5.74, 6) is -0.0962. The van der Waals surface area contributed by atoms with Crippen LogP contribution in [0.3, 0.4) is 0 Å². The van der Waals surface area contributed by atoms with Crippen molar-refractivity contribution in [3.63, 3.8) is 0 Å². The summed E-state index contributed by atoms with van der Waals surface area (Å²) in [6.07, 6.45) is 5.20. The van der Waals surface area contributed by atoms with Gasteiger partial charge in [-0.2, -0.15) is 0 Å². The van der Waals surface area contributed by atoms with Crippen LogP contribution in [0.25, 0.3) is 0 Å². The Balaban J connectivity index is 2.05. The average Bonchev–Trinajstić information content (AvgIpc) is 2.14. The Kier molecular flexibility index (Phi) is 2.52. The summed E-state index contributed by atoms with van der Waals surface area (Å²) in [5.41, 5.74) is -0.555. The van der Waals surface area contributed by atoms with Gasteiger partial charge in [-0.05, 0) is 33.6 Å². The number of amides is 2. The molecule has 2 rings (SSSR count). The lowest BCUT2D eigenvalue weighted by Gasteiger charge is -2.45. The Morgan fingerprint density at radius 3 is 2.81 bits per heavy atom. The summed E-state index contributed by atoms with van der Waals surface area (Å²) >= 11 is 0. The van der Waals surface area contributed by atoms with E-state index in [1.807, 2.05) is 12.2 Å². The van der Waals surface area contributed by atoms with E-state index in [9.17, 15) is 9.59 Å². The lowest BCUT2D eigenvalue weighted by atomic mass is 9.80. The maximum atomic E-state index is 11.8. The third kappa shape index (κ3) is 1.84. The zero-order valence-electron chi connectivity index (χ0n) is 9.90. The Hall–Kier alpha value is -1.32. The van der Waals surface area contributed by atoms with Crippen molar-refractivity contribution in [1.82, 2.24) is 4.90 Å². The predicted molar refractivity (Wildman–Crippen MR) is 58.7 cm³/mol. The van der Waals surface area contributed by atoms with Crippen LogP contribution in [-0.2, 0) is 9.53 Å². The van der Waals surface area contributed by atoms with Crippen LogP contribution >= 0.6 is 0 Å². The first-order valence-electron chi connectivity index (χ1n) is 5.63. The summed E-state index contributed by atoms with van der Waals surface area (Å²) in [5, 5.41) is 0. The summed E-state index contributed by atoms with van der Waals surface area (Å²) < 4.78 is 5.19. The van der Waals surface area contributed by atoms with E-state index >= 15 is 0 Å². The highest BCUT2D eigenvalue weighted by atomic mass is 16.6. The zero-order chi connectivity index (χ0) is 11.9. The van der Waals surface area contributed by atoms with Crippen LogP contribution in [0.4, 0.5) is 4.79 Å². The predicted octanol–water partition coefficient (Wildman–Crippen LogP) is 2.10. The van der Waals surface area contributed by atoms with Crippen LogP contribution in [0.1, 0.15) is 33.6 Å². The van der Waals surface area contributed by atoms with Gasteiger partial charge in [0.2, 0.25) is 5.91 Å². The molecule has 0 aromatic heterocycles. The number of carbonyl (C=O) groups is 2. The quantitative estimate of drug-likeness (QED) is 0.466. The molecular weight excluding hydrogens is 206 g/mol. The average molecular weight is 223 g/mol. The van der Waals surface area contributed by atoms with Gasteiger partial charge in [0.15, 0.2) is 0 Å².